The highest BCUT2D eigenvalue weighted by Crippen LogP contribution is 2.31. The maximum absolute atomic E-state index is 13.6. The summed E-state index contributed by atoms with van der Waals surface area (Å²) in [6.45, 7) is 0. The lowest BCUT2D eigenvalue weighted by Crippen LogP contribution is -1.89. The van der Waals surface area contributed by atoms with Gasteiger partial charge in [-0.15, -0.1) is 0 Å². The van der Waals surface area contributed by atoms with Gasteiger partial charge in [0.25, 0.3) is 0 Å². The second-order valence-electron chi connectivity index (χ2n) is 3.41. The molecule has 16 heavy (non-hydrogen) atoms. The van der Waals surface area contributed by atoms with E-state index >= 15 is 0 Å². The van der Waals surface area contributed by atoms with E-state index in [1.165, 1.54) is 12.1 Å². The summed E-state index contributed by atoms with van der Waals surface area (Å²) in [6.07, 6.45) is 0. The van der Waals surface area contributed by atoms with Crippen molar-refractivity contribution in [2.24, 2.45) is 0 Å². The quantitative estimate of drug-likeness (QED) is 0.786. The first-order valence-electron chi connectivity index (χ1n) is 4.62. The van der Waals surface area contributed by atoms with E-state index in [2.05, 4.69) is 15.9 Å². The number of nitrogens with two attached hydrogens (primary N) is 1. The molecule has 0 aliphatic rings. The zero-order chi connectivity index (χ0) is 11.7. The van der Waals surface area contributed by atoms with E-state index in [9.17, 15) is 9.50 Å². The van der Waals surface area contributed by atoms with Gasteiger partial charge in [-0.25, -0.2) is 4.39 Å². The lowest BCUT2D eigenvalue weighted by atomic mass is 10.0. The normalized spacial score (nSPS) is 10.4. The molecule has 3 N–H and O–H groups in total. The molecular weight excluding hydrogens is 273 g/mol. The van der Waals surface area contributed by atoms with Gasteiger partial charge in [0.15, 0.2) is 0 Å². The predicted octanol–water partition coefficient (Wildman–Crippen LogP) is 3.54. The molecule has 82 valence electrons. The van der Waals surface area contributed by atoms with E-state index in [-0.39, 0.29) is 11.6 Å². The van der Waals surface area contributed by atoms with E-state index in [4.69, 9.17) is 5.73 Å². The van der Waals surface area contributed by atoms with Crippen LogP contribution < -0.4 is 5.73 Å². The fourth-order valence-corrected chi connectivity index (χ4v) is 1.82. The minimum absolute atomic E-state index is 0.125. The Labute approximate surface area is 101 Å². The van der Waals surface area contributed by atoms with Crippen LogP contribution in [0.1, 0.15) is 0 Å². The topological polar surface area (TPSA) is 46.2 Å². The second-order valence-corrected chi connectivity index (χ2v) is 4.26. The number of aromatic hydroxyl groups is 1. The smallest absolute Gasteiger partial charge is 0.133 e. The summed E-state index contributed by atoms with van der Waals surface area (Å²) in [5.41, 5.74) is 6.99. The Morgan fingerprint density at radius 3 is 2.50 bits per heavy atom. The van der Waals surface area contributed by atoms with Crippen molar-refractivity contribution in [3.05, 3.63) is 46.7 Å². The van der Waals surface area contributed by atoms with Crippen LogP contribution in [0.15, 0.2) is 40.9 Å². The molecule has 0 fully saturated rings. The fraction of sp³-hybridized carbons (Fsp3) is 0. The lowest BCUT2D eigenvalue weighted by molar-refractivity contribution is 0.472. The van der Waals surface area contributed by atoms with Crippen LogP contribution in [-0.4, -0.2) is 5.11 Å². The van der Waals surface area contributed by atoms with Crippen molar-refractivity contribution in [3.63, 3.8) is 0 Å². The van der Waals surface area contributed by atoms with Crippen LogP contribution in [0.5, 0.6) is 5.75 Å². The minimum Gasteiger partial charge on any atom is -0.507 e. The van der Waals surface area contributed by atoms with Crippen LogP contribution in [0.25, 0.3) is 11.1 Å². The van der Waals surface area contributed by atoms with Gasteiger partial charge in [0.1, 0.15) is 11.6 Å². The molecule has 0 aromatic heterocycles. The second kappa shape index (κ2) is 4.14. The standard InChI is InChI=1S/C12H9BrFNO/c13-10-5-7(1-4-12(10)16)9-3-2-8(15)6-11(9)14/h1-6,16H,15H2. The molecule has 0 bridgehead atoms. The van der Waals surface area contributed by atoms with Gasteiger partial charge in [0, 0.05) is 11.3 Å². The van der Waals surface area contributed by atoms with Crippen LogP contribution in [0.3, 0.4) is 0 Å². The largest absolute Gasteiger partial charge is 0.507 e. The molecule has 0 radical (unpaired) electrons. The molecule has 0 saturated heterocycles. The molecule has 2 nitrogen and oxygen atoms in total. The van der Waals surface area contributed by atoms with Crippen LogP contribution >= 0.6 is 15.9 Å². The molecule has 0 atom stereocenters. The maximum Gasteiger partial charge on any atom is 0.133 e. The number of nitrogen functional groups attached to an aromatic ring is 1. The van der Waals surface area contributed by atoms with Crippen molar-refractivity contribution in [1.82, 2.24) is 0 Å². The van der Waals surface area contributed by atoms with Crippen molar-refractivity contribution in [3.8, 4) is 16.9 Å². The van der Waals surface area contributed by atoms with E-state index in [0.717, 1.165) is 0 Å². The molecule has 0 spiro atoms. The molecule has 4 heteroatoms. The third kappa shape index (κ3) is 2.02. The van der Waals surface area contributed by atoms with Gasteiger partial charge in [-0.05, 0) is 51.8 Å². The summed E-state index contributed by atoms with van der Waals surface area (Å²) in [4.78, 5) is 0. The van der Waals surface area contributed by atoms with Crippen molar-refractivity contribution >= 4 is 21.6 Å². The van der Waals surface area contributed by atoms with Crippen LogP contribution in [-0.2, 0) is 0 Å². The lowest BCUT2D eigenvalue weighted by Gasteiger charge is -2.06. The van der Waals surface area contributed by atoms with Gasteiger partial charge in [0.2, 0.25) is 0 Å². The molecule has 2 aromatic rings. The number of phenolic OH excluding ortho intramolecular Hbond substituents is 1. The molecule has 0 heterocycles. The van der Waals surface area contributed by atoms with Gasteiger partial charge in [-0.1, -0.05) is 6.07 Å². The number of rotatable bonds is 1. The zero-order valence-electron chi connectivity index (χ0n) is 8.24. The van der Waals surface area contributed by atoms with E-state index in [1.807, 2.05) is 0 Å². The van der Waals surface area contributed by atoms with Gasteiger partial charge in [-0.3, -0.25) is 0 Å². The summed E-state index contributed by atoms with van der Waals surface area (Å²) in [5.74, 6) is -0.253. The fourth-order valence-electron chi connectivity index (χ4n) is 1.44. The number of halogens is 2. The molecule has 0 unspecified atom stereocenters. The Balaban J connectivity index is 2.54. The van der Waals surface area contributed by atoms with E-state index < -0.39 is 0 Å². The van der Waals surface area contributed by atoms with Crippen molar-refractivity contribution in [1.29, 1.82) is 0 Å². The van der Waals surface area contributed by atoms with Gasteiger partial charge in [0.05, 0.1) is 4.47 Å². The van der Waals surface area contributed by atoms with Gasteiger partial charge >= 0.3 is 0 Å². The van der Waals surface area contributed by atoms with E-state index in [1.54, 1.807) is 24.3 Å². The number of phenols is 1. The monoisotopic (exact) mass is 281 g/mol. The molecule has 0 aliphatic carbocycles. The maximum atomic E-state index is 13.6. The number of anilines is 1. The molecule has 0 amide bonds. The third-order valence-corrected chi connectivity index (χ3v) is 2.89. The van der Waals surface area contributed by atoms with Gasteiger partial charge in [-0.2, -0.15) is 0 Å². The highest BCUT2D eigenvalue weighted by molar-refractivity contribution is 9.10. The molecule has 2 aromatic carbocycles. The zero-order valence-corrected chi connectivity index (χ0v) is 9.83. The van der Waals surface area contributed by atoms with Gasteiger partial charge < -0.3 is 10.8 Å². The summed E-state index contributed by atoms with van der Waals surface area (Å²) in [6, 6.07) is 9.34. The van der Waals surface area contributed by atoms with Crippen LogP contribution in [0.2, 0.25) is 0 Å². The summed E-state index contributed by atoms with van der Waals surface area (Å²) < 4.78 is 14.1. The molecule has 0 aliphatic heterocycles. The molecular formula is C12H9BrFNO. The first-order chi connectivity index (χ1) is 7.58. The Bertz CT molecular complexity index is 543. The third-order valence-electron chi connectivity index (χ3n) is 2.25. The molecule has 2 rings (SSSR count). The first kappa shape index (κ1) is 11.0. The highest BCUT2D eigenvalue weighted by Gasteiger charge is 2.07. The highest BCUT2D eigenvalue weighted by atomic mass is 79.9. The van der Waals surface area contributed by atoms with Crippen molar-refractivity contribution in [2.75, 3.05) is 5.73 Å². The Hall–Kier alpha value is -1.55. The summed E-state index contributed by atoms with van der Waals surface area (Å²) in [5, 5.41) is 9.34. The minimum atomic E-state index is -0.377. The number of benzene rings is 2. The van der Waals surface area contributed by atoms with Crippen LogP contribution in [0, 0.1) is 5.82 Å². The number of hydrogen-bond donors (Lipinski definition) is 2. The van der Waals surface area contributed by atoms with Crippen molar-refractivity contribution < 1.29 is 9.50 Å². The number of hydrogen-bond acceptors (Lipinski definition) is 2. The SMILES string of the molecule is Nc1ccc(-c2ccc(O)c(Br)c2)c(F)c1. The van der Waals surface area contributed by atoms with Crippen molar-refractivity contribution in [2.45, 2.75) is 0 Å². The summed E-state index contributed by atoms with van der Waals surface area (Å²) >= 11 is 3.19. The average molecular weight is 282 g/mol. The Morgan fingerprint density at radius 2 is 1.88 bits per heavy atom. The Morgan fingerprint density at radius 1 is 1.12 bits per heavy atom. The summed E-state index contributed by atoms with van der Waals surface area (Å²) in [7, 11) is 0. The Kier molecular flexibility index (Phi) is 2.83. The van der Waals surface area contributed by atoms with Crippen LogP contribution in [0.4, 0.5) is 10.1 Å². The molecule has 0 saturated carbocycles. The predicted molar refractivity (Wildman–Crippen MR) is 65.6 cm³/mol. The average Bonchev–Trinajstić information content (AvgIpc) is 2.22. The van der Waals surface area contributed by atoms with E-state index in [0.29, 0.717) is 21.3 Å². The first-order valence-corrected chi connectivity index (χ1v) is 5.41.